The molecule has 2 amide bonds. The molecule has 0 saturated heterocycles. The van der Waals surface area contributed by atoms with Crippen molar-refractivity contribution in [2.45, 2.75) is 19.4 Å². The number of amides is 2. The molecule has 1 heterocycles. The fraction of sp³-hybridized carbons (Fsp3) is 0.333. The number of carbonyl (C=O) groups is 2. The lowest BCUT2D eigenvalue weighted by atomic mass is 10.1. The molecule has 0 bridgehead atoms. The molecule has 0 radical (unpaired) electrons. The predicted molar refractivity (Wildman–Crippen MR) is 63.7 cm³/mol. The highest BCUT2D eigenvalue weighted by molar-refractivity contribution is 6.09. The van der Waals surface area contributed by atoms with Crippen LogP contribution in [0, 0.1) is 0 Å². The molecule has 1 aliphatic rings. The lowest BCUT2D eigenvalue weighted by Crippen LogP contribution is -2.42. The SMILES string of the molecule is CC(O)CC(=O)N1CC(=O)Nc2ccccc21. The van der Waals surface area contributed by atoms with Crippen molar-refractivity contribution in [3.63, 3.8) is 0 Å². The van der Waals surface area contributed by atoms with Crippen LogP contribution in [0.25, 0.3) is 0 Å². The van der Waals surface area contributed by atoms with Crippen molar-refractivity contribution in [2.24, 2.45) is 0 Å². The molecular formula is C12H14N2O3. The Morgan fingerprint density at radius 3 is 2.94 bits per heavy atom. The first-order chi connectivity index (χ1) is 8.08. The number of anilines is 2. The van der Waals surface area contributed by atoms with Crippen LogP contribution < -0.4 is 10.2 Å². The number of nitrogens with one attached hydrogen (secondary N) is 1. The Bertz CT molecular complexity index is 457. The highest BCUT2D eigenvalue weighted by atomic mass is 16.3. The summed E-state index contributed by atoms with van der Waals surface area (Å²) >= 11 is 0. The third-order valence-electron chi connectivity index (χ3n) is 2.54. The molecule has 1 aliphatic heterocycles. The van der Waals surface area contributed by atoms with Crippen LogP contribution in [-0.2, 0) is 9.59 Å². The zero-order chi connectivity index (χ0) is 12.4. The van der Waals surface area contributed by atoms with Crippen molar-refractivity contribution in [3.05, 3.63) is 24.3 Å². The molecule has 1 unspecified atom stereocenters. The number of hydrogen-bond donors (Lipinski definition) is 2. The summed E-state index contributed by atoms with van der Waals surface area (Å²) in [6.07, 6.45) is -0.693. The van der Waals surface area contributed by atoms with Gasteiger partial charge < -0.3 is 15.3 Å². The second kappa shape index (κ2) is 4.55. The van der Waals surface area contributed by atoms with Gasteiger partial charge in [-0.15, -0.1) is 0 Å². The van der Waals surface area contributed by atoms with Gasteiger partial charge >= 0.3 is 0 Å². The van der Waals surface area contributed by atoms with Gasteiger partial charge in [-0.1, -0.05) is 12.1 Å². The van der Waals surface area contributed by atoms with Crippen molar-refractivity contribution in [1.29, 1.82) is 0 Å². The molecule has 0 aromatic heterocycles. The smallest absolute Gasteiger partial charge is 0.244 e. The number of carbonyl (C=O) groups excluding carboxylic acids is 2. The number of aliphatic hydroxyl groups excluding tert-OH is 1. The maximum Gasteiger partial charge on any atom is 0.244 e. The fourth-order valence-electron chi connectivity index (χ4n) is 1.82. The van der Waals surface area contributed by atoms with E-state index in [9.17, 15) is 14.7 Å². The Morgan fingerprint density at radius 1 is 1.53 bits per heavy atom. The van der Waals surface area contributed by atoms with Crippen LogP contribution in [0.1, 0.15) is 13.3 Å². The van der Waals surface area contributed by atoms with Crippen LogP contribution in [0.4, 0.5) is 11.4 Å². The van der Waals surface area contributed by atoms with E-state index in [-0.39, 0.29) is 24.8 Å². The molecular weight excluding hydrogens is 220 g/mol. The summed E-state index contributed by atoms with van der Waals surface area (Å²) in [4.78, 5) is 24.8. The summed E-state index contributed by atoms with van der Waals surface area (Å²) in [6, 6.07) is 7.12. The summed E-state index contributed by atoms with van der Waals surface area (Å²) < 4.78 is 0. The van der Waals surface area contributed by atoms with Gasteiger partial charge in [0.05, 0.1) is 23.9 Å². The molecule has 1 atom stereocenters. The lowest BCUT2D eigenvalue weighted by Gasteiger charge is -2.29. The Morgan fingerprint density at radius 2 is 2.24 bits per heavy atom. The molecule has 0 aliphatic carbocycles. The molecule has 5 nitrogen and oxygen atoms in total. The van der Waals surface area contributed by atoms with Gasteiger partial charge in [0.2, 0.25) is 11.8 Å². The van der Waals surface area contributed by atoms with Crippen molar-refractivity contribution in [1.82, 2.24) is 0 Å². The Hall–Kier alpha value is -1.88. The van der Waals surface area contributed by atoms with Crippen LogP contribution in [0.2, 0.25) is 0 Å². The first kappa shape index (κ1) is 11.6. The third-order valence-corrected chi connectivity index (χ3v) is 2.54. The van der Waals surface area contributed by atoms with E-state index in [1.807, 2.05) is 0 Å². The summed E-state index contributed by atoms with van der Waals surface area (Å²) in [7, 11) is 0. The van der Waals surface area contributed by atoms with Crippen LogP contribution in [0.5, 0.6) is 0 Å². The van der Waals surface area contributed by atoms with E-state index in [1.165, 1.54) is 4.90 Å². The summed E-state index contributed by atoms with van der Waals surface area (Å²) in [5.41, 5.74) is 1.31. The van der Waals surface area contributed by atoms with Crippen molar-refractivity contribution < 1.29 is 14.7 Å². The minimum absolute atomic E-state index is 0.00255. The zero-order valence-electron chi connectivity index (χ0n) is 9.51. The standard InChI is InChI=1S/C12H14N2O3/c1-8(15)6-12(17)14-7-11(16)13-9-4-2-3-5-10(9)14/h2-5,8,15H,6-7H2,1H3,(H,13,16). The number of nitrogens with zero attached hydrogens (tertiary/aromatic N) is 1. The number of para-hydroxylation sites is 2. The molecule has 0 saturated carbocycles. The van der Waals surface area contributed by atoms with Crippen LogP contribution >= 0.6 is 0 Å². The Kier molecular flexibility index (Phi) is 3.10. The van der Waals surface area contributed by atoms with Gasteiger partial charge in [0.25, 0.3) is 0 Å². The lowest BCUT2D eigenvalue weighted by molar-refractivity contribution is -0.123. The topological polar surface area (TPSA) is 69.6 Å². The molecule has 0 spiro atoms. The molecule has 2 rings (SSSR count). The quantitative estimate of drug-likeness (QED) is 0.793. The average Bonchev–Trinajstić information content (AvgIpc) is 2.26. The largest absolute Gasteiger partial charge is 0.393 e. The molecule has 1 aromatic rings. The van der Waals surface area contributed by atoms with Crippen molar-refractivity contribution in [3.8, 4) is 0 Å². The molecule has 17 heavy (non-hydrogen) atoms. The van der Waals surface area contributed by atoms with Gasteiger partial charge in [-0.05, 0) is 19.1 Å². The maximum atomic E-state index is 11.9. The minimum Gasteiger partial charge on any atom is -0.393 e. The van der Waals surface area contributed by atoms with Gasteiger partial charge in [-0.25, -0.2) is 0 Å². The van der Waals surface area contributed by atoms with E-state index in [0.717, 1.165) is 0 Å². The van der Waals surface area contributed by atoms with E-state index in [1.54, 1.807) is 31.2 Å². The molecule has 2 N–H and O–H groups in total. The van der Waals surface area contributed by atoms with Gasteiger partial charge in [0, 0.05) is 0 Å². The van der Waals surface area contributed by atoms with Crippen molar-refractivity contribution in [2.75, 3.05) is 16.8 Å². The fourth-order valence-corrected chi connectivity index (χ4v) is 1.82. The van der Waals surface area contributed by atoms with Crippen LogP contribution in [0.15, 0.2) is 24.3 Å². The summed E-state index contributed by atoms with van der Waals surface area (Å²) in [5, 5.41) is 11.9. The predicted octanol–water partition coefficient (Wildman–Crippen LogP) is 0.743. The maximum absolute atomic E-state index is 11.9. The highest BCUT2D eigenvalue weighted by Crippen LogP contribution is 2.29. The molecule has 0 fully saturated rings. The van der Waals surface area contributed by atoms with E-state index in [4.69, 9.17) is 0 Å². The molecule has 90 valence electrons. The minimum atomic E-state index is -0.709. The normalized spacial score (nSPS) is 16.1. The number of benzene rings is 1. The summed E-state index contributed by atoms with van der Waals surface area (Å²) in [5.74, 6) is -0.468. The Labute approximate surface area is 99.0 Å². The van der Waals surface area contributed by atoms with Gasteiger partial charge in [-0.3, -0.25) is 9.59 Å². The van der Waals surface area contributed by atoms with Crippen LogP contribution in [0.3, 0.4) is 0 Å². The van der Waals surface area contributed by atoms with E-state index >= 15 is 0 Å². The van der Waals surface area contributed by atoms with E-state index in [2.05, 4.69) is 5.32 Å². The summed E-state index contributed by atoms with van der Waals surface area (Å²) in [6.45, 7) is 1.55. The second-order valence-electron chi connectivity index (χ2n) is 4.10. The van der Waals surface area contributed by atoms with Gasteiger partial charge in [-0.2, -0.15) is 0 Å². The number of hydrogen-bond acceptors (Lipinski definition) is 3. The molecule has 1 aromatic carbocycles. The first-order valence-electron chi connectivity index (χ1n) is 5.45. The van der Waals surface area contributed by atoms with Crippen LogP contribution in [-0.4, -0.2) is 29.6 Å². The zero-order valence-corrected chi connectivity index (χ0v) is 9.51. The molecule has 5 heteroatoms. The van der Waals surface area contributed by atoms with E-state index in [0.29, 0.717) is 11.4 Å². The van der Waals surface area contributed by atoms with Crippen molar-refractivity contribution >= 4 is 23.2 Å². The first-order valence-corrected chi connectivity index (χ1v) is 5.45. The highest BCUT2D eigenvalue weighted by Gasteiger charge is 2.26. The average molecular weight is 234 g/mol. The number of aliphatic hydroxyl groups is 1. The number of fused-ring (bicyclic) bond motifs is 1. The third kappa shape index (κ3) is 2.45. The van der Waals surface area contributed by atoms with Gasteiger partial charge in [0.15, 0.2) is 0 Å². The van der Waals surface area contributed by atoms with Gasteiger partial charge in [0.1, 0.15) is 6.54 Å². The Balaban J connectivity index is 2.29. The second-order valence-corrected chi connectivity index (χ2v) is 4.10. The van der Waals surface area contributed by atoms with E-state index < -0.39 is 6.10 Å². The number of rotatable bonds is 2. The monoisotopic (exact) mass is 234 g/mol.